The SMILES string of the molecule is CC(Cc1cnc[nH]1)C(=O)O.CCCC. The fourth-order valence-corrected chi connectivity index (χ4v) is 0.813. The molecular weight excluding hydrogens is 192 g/mol. The molecule has 0 spiro atoms. The van der Waals surface area contributed by atoms with Crippen molar-refractivity contribution in [1.29, 1.82) is 0 Å². The number of unbranched alkanes of at least 4 members (excludes halogenated alkanes) is 1. The van der Waals surface area contributed by atoms with Crippen LogP contribution in [-0.4, -0.2) is 21.0 Å². The molecule has 0 aliphatic carbocycles. The van der Waals surface area contributed by atoms with Crippen LogP contribution in [0.1, 0.15) is 39.3 Å². The molecule has 0 aromatic carbocycles. The summed E-state index contributed by atoms with van der Waals surface area (Å²) in [7, 11) is 0. The van der Waals surface area contributed by atoms with E-state index in [0.29, 0.717) is 6.42 Å². The van der Waals surface area contributed by atoms with E-state index in [-0.39, 0.29) is 5.92 Å². The monoisotopic (exact) mass is 212 g/mol. The molecule has 0 aliphatic heterocycles. The van der Waals surface area contributed by atoms with Gasteiger partial charge in [0.2, 0.25) is 0 Å². The van der Waals surface area contributed by atoms with Crippen LogP contribution in [0.3, 0.4) is 0 Å². The number of aliphatic carboxylic acids is 1. The van der Waals surface area contributed by atoms with Gasteiger partial charge in [0.25, 0.3) is 0 Å². The maximum atomic E-state index is 10.4. The second-order valence-corrected chi connectivity index (χ2v) is 3.52. The van der Waals surface area contributed by atoms with Gasteiger partial charge in [-0.05, 0) is 0 Å². The van der Waals surface area contributed by atoms with Gasteiger partial charge in [-0.15, -0.1) is 0 Å². The number of rotatable bonds is 4. The number of nitrogens with one attached hydrogen (secondary N) is 1. The summed E-state index contributed by atoms with van der Waals surface area (Å²) in [5.74, 6) is -1.13. The van der Waals surface area contributed by atoms with E-state index in [1.165, 1.54) is 12.8 Å². The van der Waals surface area contributed by atoms with E-state index >= 15 is 0 Å². The Morgan fingerprint density at radius 1 is 1.53 bits per heavy atom. The summed E-state index contributed by atoms with van der Waals surface area (Å²) in [6.45, 7) is 6.03. The van der Waals surface area contributed by atoms with Crippen molar-refractivity contribution in [2.24, 2.45) is 5.92 Å². The third-order valence-corrected chi connectivity index (χ3v) is 2.00. The second-order valence-electron chi connectivity index (χ2n) is 3.52. The lowest BCUT2D eigenvalue weighted by molar-refractivity contribution is -0.141. The Kier molecular flexibility index (Phi) is 7.32. The molecule has 1 unspecified atom stereocenters. The van der Waals surface area contributed by atoms with Gasteiger partial charge in [0.15, 0.2) is 0 Å². The summed E-state index contributed by atoms with van der Waals surface area (Å²) in [6, 6.07) is 0. The maximum absolute atomic E-state index is 10.4. The van der Waals surface area contributed by atoms with Gasteiger partial charge in [-0.25, -0.2) is 4.98 Å². The summed E-state index contributed by atoms with van der Waals surface area (Å²) in [6.07, 6.45) is 6.33. The minimum Gasteiger partial charge on any atom is -0.481 e. The Morgan fingerprint density at radius 2 is 2.13 bits per heavy atom. The van der Waals surface area contributed by atoms with Crippen molar-refractivity contribution in [3.63, 3.8) is 0 Å². The molecular formula is C11H20N2O2. The number of carboxylic acids is 1. The Bertz CT molecular complexity index is 256. The molecule has 0 aliphatic rings. The summed E-state index contributed by atoms with van der Waals surface area (Å²) in [5, 5.41) is 8.55. The van der Waals surface area contributed by atoms with Crippen LogP contribution < -0.4 is 0 Å². The van der Waals surface area contributed by atoms with Gasteiger partial charge >= 0.3 is 5.97 Å². The van der Waals surface area contributed by atoms with E-state index in [1.54, 1.807) is 19.4 Å². The van der Waals surface area contributed by atoms with E-state index in [9.17, 15) is 4.79 Å². The molecule has 0 saturated heterocycles. The molecule has 0 fully saturated rings. The van der Waals surface area contributed by atoms with Crippen LogP contribution in [-0.2, 0) is 11.2 Å². The quantitative estimate of drug-likeness (QED) is 0.805. The van der Waals surface area contributed by atoms with Crippen LogP contribution in [0, 0.1) is 5.92 Å². The highest BCUT2D eigenvalue weighted by Crippen LogP contribution is 2.03. The van der Waals surface area contributed by atoms with E-state index in [0.717, 1.165) is 5.69 Å². The smallest absolute Gasteiger partial charge is 0.306 e. The van der Waals surface area contributed by atoms with Gasteiger partial charge in [-0.2, -0.15) is 0 Å². The van der Waals surface area contributed by atoms with Gasteiger partial charge in [-0.3, -0.25) is 4.79 Å². The van der Waals surface area contributed by atoms with Crippen LogP contribution in [0.2, 0.25) is 0 Å². The third kappa shape index (κ3) is 6.71. The number of imidazole rings is 1. The Morgan fingerprint density at radius 3 is 2.47 bits per heavy atom. The lowest BCUT2D eigenvalue weighted by atomic mass is 10.1. The first-order valence-corrected chi connectivity index (χ1v) is 5.31. The Balaban J connectivity index is 0.000000423. The molecule has 1 aromatic rings. The summed E-state index contributed by atoms with van der Waals surface area (Å²) in [5.41, 5.74) is 0.861. The van der Waals surface area contributed by atoms with Crippen LogP contribution in [0.5, 0.6) is 0 Å². The molecule has 1 heterocycles. The molecule has 4 nitrogen and oxygen atoms in total. The van der Waals surface area contributed by atoms with Gasteiger partial charge < -0.3 is 10.1 Å². The first kappa shape index (κ1) is 13.7. The summed E-state index contributed by atoms with van der Waals surface area (Å²) >= 11 is 0. The number of H-pyrrole nitrogens is 1. The molecule has 1 atom stereocenters. The molecule has 0 amide bonds. The maximum Gasteiger partial charge on any atom is 0.306 e. The number of hydrogen-bond donors (Lipinski definition) is 2. The average molecular weight is 212 g/mol. The van der Waals surface area contributed by atoms with Gasteiger partial charge in [0.1, 0.15) is 0 Å². The van der Waals surface area contributed by atoms with Crippen LogP contribution in [0.4, 0.5) is 0 Å². The van der Waals surface area contributed by atoms with Crippen molar-refractivity contribution >= 4 is 5.97 Å². The molecule has 0 radical (unpaired) electrons. The Labute approximate surface area is 90.7 Å². The van der Waals surface area contributed by atoms with Crippen molar-refractivity contribution in [1.82, 2.24) is 9.97 Å². The molecule has 2 N–H and O–H groups in total. The predicted molar refractivity (Wildman–Crippen MR) is 59.7 cm³/mol. The van der Waals surface area contributed by atoms with Crippen molar-refractivity contribution in [2.45, 2.75) is 40.0 Å². The normalized spacial score (nSPS) is 11.4. The highest BCUT2D eigenvalue weighted by atomic mass is 16.4. The average Bonchev–Trinajstić information content (AvgIpc) is 2.70. The molecule has 1 aromatic heterocycles. The predicted octanol–water partition coefficient (Wildman–Crippen LogP) is 2.48. The fraction of sp³-hybridized carbons (Fsp3) is 0.636. The minimum absolute atomic E-state index is 0.351. The van der Waals surface area contributed by atoms with Gasteiger partial charge in [-0.1, -0.05) is 33.6 Å². The van der Waals surface area contributed by atoms with Crippen molar-refractivity contribution in [3.8, 4) is 0 Å². The Hall–Kier alpha value is -1.32. The molecule has 0 saturated carbocycles. The number of aromatic nitrogens is 2. The highest BCUT2D eigenvalue weighted by molar-refractivity contribution is 5.69. The lowest BCUT2D eigenvalue weighted by Gasteiger charge is -2.01. The lowest BCUT2D eigenvalue weighted by Crippen LogP contribution is -2.12. The van der Waals surface area contributed by atoms with Gasteiger partial charge in [0.05, 0.1) is 12.2 Å². The molecule has 86 valence electrons. The second kappa shape index (κ2) is 8.03. The van der Waals surface area contributed by atoms with Crippen LogP contribution in [0.25, 0.3) is 0 Å². The first-order chi connectivity index (χ1) is 7.11. The zero-order valence-electron chi connectivity index (χ0n) is 9.66. The van der Waals surface area contributed by atoms with Crippen molar-refractivity contribution in [2.75, 3.05) is 0 Å². The van der Waals surface area contributed by atoms with E-state index < -0.39 is 5.97 Å². The van der Waals surface area contributed by atoms with Crippen LogP contribution in [0.15, 0.2) is 12.5 Å². The number of carbonyl (C=O) groups is 1. The third-order valence-electron chi connectivity index (χ3n) is 2.00. The zero-order valence-corrected chi connectivity index (χ0v) is 9.66. The number of aromatic amines is 1. The van der Waals surface area contributed by atoms with E-state index in [4.69, 9.17) is 5.11 Å². The van der Waals surface area contributed by atoms with E-state index in [2.05, 4.69) is 23.8 Å². The molecule has 0 bridgehead atoms. The molecule has 15 heavy (non-hydrogen) atoms. The number of carboxylic acid groups (broad SMARTS) is 1. The van der Waals surface area contributed by atoms with Crippen LogP contribution >= 0.6 is 0 Å². The standard InChI is InChI=1S/C7H10N2O2.C4H10/c1-5(7(10)11)2-6-3-8-4-9-6;1-3-4-2/h3-5H,2H2,1H3,(H,8,9)(H,10,11);3-4H2,1-2H3. The highest BCUT2D eigenvalue weighted by Gasteiger charge is 2.11. The van der Waals surface area contributed by atoms with Crippen molar-refractivity contribution < 1.29 is 9.90 Å². The molecule has 1 rings (SSSR count). The summed E-state index contributed by atoms with van der Waals surface area (Å²) in [4.78, 5) is 17.0. The molecule has 4 heteroatoms. The fourth-order valence-electron chi connectivity index (χ4n) is 0.813. The van der Waals surface area contributed by atoms with Crippen molar-refractivity contribution in [3.05, 3.63) is 18.2 Å². The minimum atomic E-state index is -0.778. The van der Waals surface area contributed by atoms with Gasteiger partial charge in [0, 0.05) is 18.3 Å². The largest absolute Gasteiger partial charge is 0.481 e. The zero-order chi connectivity index (χ0) is 11.7. The van der Waals surface area contributed by atoms with E-state index in [1.807, 2.05) is 0 Å². The summed E-state index contributed by atoms with van der Waals surface area (Å²) < 4.78 is 0. The number of hydrogen-bond acceptors (Lipinski definition) is 2. The first-order valence-electron chi connectivity index (χ1n) is 5.31. The topological polar surface area (TPSA) is 66.0 Å². The number of nitrogens with zero attached hydrogens (tertiary/aromatic N) is 1.